The summed E-state index contributed by atoms with van der Waals surface area (Å²) in [6, 6.07) is 7.73. The number of hydrogen-bond acceptors (Lipinski definition) is 5. The van der Waals surface area contributed by atoms with Crippen LogP contribution in [0.1, 0.15) is 31.4 Å². The molecule has 0 fully saturated rings. The van der Waals surface area contributed by atoms with Crippen molar-refractivity contribution < 1.29 is 4.74 Å². The van der Waals surface area contributed by atoms with E-state index in [1.54, 1.807) is 12.3 Å². The second-order valence-electron chi connectivity index (χ2n) is 4.19. The lowest BCUT2D eigenvalue weighted by Gasteiger charge is -2.14. The van der Waals surface area contributed by atoms with Crippen LogP contribution in [0.25, 0.3) is 0 Å². The van der Waals surface area contributed by atoms with E-state index < -0.39 is 0 Å². The highest BCUT2D eigenvalue weighted by Crippen LogP contribution is 2.19. The number of aryl methyl sites for hydroxylation is 1. The van der Waals surface area contributed by atoms with Gasteiger partial charge in [0.1, 0.15) is 11.6 Å². The fourth-order valence-electron chi connectivity index (χ4n) is 1.76. The summed E-state index contributed by atoms with van der Waals surface area (Å²) in [7, 11) is 0. The van der Waals surface area contributed by atoms with Crippen molar-refractivity contribution in [3.8, 4) is 5.88 Å². The van der Waals surface area contributed by atoms with Crippen molar-refractivity contribution in [3.05, 3.63) is 42.0 Å². The molecule has 0 aliphatic rings. The van der Waals surface area contributed by atoms with Crippen LogP contribution in [0.5, 0.6) is 5.88 Å². The Balaban J connectivity index is 2.14. The number of hydrogen-bond donors (Lipinski definition) is 1. The first-order valence-corrected chi connectivity index (χ1v) is 6.35. The zero-order valence-electron chi connectivity index (χ0n) is 11.4. The second kappa shape index (κ2) is 6.13. The Morgan fingerprint density at radius 1 is 1.32 bits per heavy atom. The molecule has 0 saturated carbocycles. The van der Waals surface area contributed by atoms with Crippen LogP contribution in [0.3, 0.4) is 0 Å². The average Bonchev–Trinajstić information content (AvgIpc) is 2.39. The molecule has 0 bridgehead atoms. The molecule has 0 aliphatic heterocycles. The Morgan fingerprint density at radius 2 is 2.16 bits per heavy atom. The molecule has 1 unspecified atom stereocenters. The molecule has 0 radical (unpaired) electrons. The van der Waals surface area contributed by atoms with Gasteiger partial charge in [-0.25, -0.2) is 4.98 Å². The summed E-state index contributed by atoms with van der Waals surface area (Å²) in [6.45, 7) is 6.41. The maximum absolute atomic E-state index is 5.41. The Morgan fingerprint density at radius 3 is 2.84 bits per heavy atom. The van der Waals surface area contributed by atoms with Crippen molar-refractivity contribution in [2.75, 3.05) is 11.9 Å². The predicted molar refractivity (Wildman–Crippen MR) is 74.2 cm³/mol. The van der Waals surface area contributed by atoms with Crippen LogP contribution in [0, 0.1) is 6.92 Å². The summed E-state index contributed by atoms with van der Waals surface area (Å²) in [5, 5.41) is 3.30. The lowest BCUT2D eigenvalue weighted by atomic mass is 10.2. The molecule has 0 aliphatic carbocycles. The first kappa shape index (κ1) is 13.3. The maximum atomic E-state index is 5.41. The van der Waals surface area contributed by atoms with Crippen LogP contribution in [0.2, 0.25) is 0 Å². The van der Waals surface area contributed by atoms with E-state index in [4.69, 9.17) is 4.74 Å². The van der Waals surface area contributed by atoms with Crippen molar-refractivity contribution >= 4 is 5.82 Å². The van der Waals surface area contributed by atoms with Crippen LogP contribution < -0.4 is 10.1 Å². The minimum Gasteiger partial charge on any atom is -0.478 e. The quantitative estimate of drug-likeness (QED) is 0.893. The molecule has 0 aromatic carbocycles. The summed E-state index contributed by atoms with van der Waals surface area (Å²) in [5.74, 6) is 2.02. The number of pyridine rings is 1. The van der Waals surface area contributed by atoms with Crippen LogP contribution in [0.15, 0.2) is 30.5 Å². The Kier molecular flexibility index (Phi) is 4.28. The monoisotopic (exact) mass is 258 g/mol. The van der Waals surface area contributed by atoms with Gasteiger partial charge in [-0.2, -0.15) is 4.98 Å². The highest BCUT2D eigenvalue weighted by Gasteiger charge is 2.09. The Bertz CT molecular complexity index is 530. The van der Waals surface area contributed by atoms with E-state index in [1.807, 2.05) is 39.0 Å². The van der Waals surface area contributed by atoms with Crippen molar-refractivity contribution in [3.63, 3.8) is 0 Å². The van der Waals surface area contributed by atoms with Gasteiger partial charge in [0.15, 0.2) is 0 Å². The van der Waals surface area contributed by atoms with Crippen LogP contribution >= 0.6 is 0 Å². The minimum absolute atomic E-state index is 0.0741. The molecule has 100 valence electrons. The highest BCUT2D eigenvalue weighted by molar-refractivity contribution is 5.40. The molecule has 5 nitrogen and oxygen atoms in total. The van der Waals surface area contributed by atoms with Crippen molar-refractivity contribution in [1.29, 1.82) is 0 Å². The molecule has 5 heteroatoms. The standard InChI is InChI=1S/C14H18N4O/c1-4-19-14-9-13(17-11(3)18-14)16-10(2)12-7-5-6-8-15-12/h5-10H,4H2,1-3H3,(H,16,17,18). The van der Waals surface area contributed by atoms with Gasteiger partial charge in [-0.3, -0.25) is 4.98 Å². The van der Waals surface area contributed by atoms with Crippen molar-refractivity contribution in [1.82, 2.24) is 15.0 Å². The molecule has 2 aromatic heterocycles. The smallest absolute Gasteiger partial charge is 0.218 e. The van der Waals surface area contributed by atoms with Gasteiger partial charge in [0.25, 0.3) is 0 Å². The topological polar surface area (TPSA) is 59.9 Å². The third-order valence-corrected chi connectivity index (χ3v) is 2.60. The Labute approximate surface area is 113 Å². The normalized spacial score (nSPS) is 11.9. The summed E-state index contributed by atoms with van der Waals surface area (Å²) in [6.07, 6.45) is 1.78. The van der Waals surface area contributed by atoms with Crippen LogP contribution in [0.4, 0.5) is 5.82 Å². The Hall–Kier alpha value is -2.17. The summed E-state index contributed by atoms with van der Waals surface area (Å²) < 4.78 is 5.41. The third-order valence-electron chi connectivity index (χ3n) is 2.60. The SMILES string of the molecule is CCOc1cc(NC(C)c2ccccn2)nc(C)n1. The molecule has 0 amide bonds. The van der Waals surface area contributed by atoms with E-state index in [-0.39, 0.29) is 6.04 Å². The van der Waals surface area contributed by atoms with Crippen LogP contribution in [-0.2, 0) is 0 Å². The van der Waals surface area contributed by atoms with Gasteiger partial charge < -0.3 is 10.1 Å². The largest absolute Gasteiger partial charge is 0.478 e. The number of anilines is 1. The van der Waals surface area contributed by atoms with Crippen molar-refractivity contribution in [2.45, 2.75) is 26.8 Å². The molecule has 2 rings (SSSR count). The molecular formula is C14H18N4O. The number of aromatic nitrogens is 3. The number of nitrogens with zero attached hydrogens (tertiary/aromatic N) is 3. The number of rotatable bonds is 5. The van der Waals surface area contributed by atoms with Crippen molar-refractivity contribution in [2.24, 2.45) is 0 Å². The second-order valence-corrected chi connectivity index (χ2v) is 4.19. The predicted octanol–water partition coefficient (Wildman–Crippen LogP) is 2.75. The zero-order valence-corrected chi connectivity index (χ0v) is 11.4. The van der Waals surface area contributed by atoms with Gasteiger partial charge in [-0.1, -0.05) is 6.07 Å². The number of ether oxygens (including phenoxy) is 1. The van der Waals surface area contributed by atoms with Gasteiger partial charge in [0.05, 0.1) is 18.3 Å². The van der Waals surface area contributed by atoms with E-state index in [0.29, 0.717) is 18.3 Å². The molecule has 0 saturated heterocycles. The molecule has 0 spiro atoms. The van der Waals surface area contributed by atoms with Gasteiger partial charge in [0.2, 0.25) is 5.88 Å². The minimum atomic E-state index is 0.0741. The zero-order chi connectivity index (χ0) is 13.7. The number of nitrogens with one attached hydrogen (secondary N) is 1. The summed E-state index contributed by atoms with van der Waals surface area (Å²) in [5.41, 5.74) is 0.969. The van der Waals surface area contributed by atoms with E-state index in [0.717, 1.165) is 11.5 Å². The van der Waals surface area contributed by atoms with Gasteiger partial charge in [0, 0.05) is 12.3 Å². The molecule has 1 atom stereocenters. The lowest BCUT2D eigenvalue weighted by Crippen LogP contribution is -2.10. The van der Waals surface area contributed by atoms with Gasteiger partial charge in [-0.15, -0.1) is 0 Å². The molecule has 2 heterocycles. The molecule has 1 N–H and O–H groups in total. The molecule has 2 aromatic rings. The summed E-state index contributed by atoms with van der Waals surface area (Å²) in [4.78, 5) is 12.9. The van der Waals surface area contributed by atoms with E-state index in [9.17, 15) is 0 Å². The highest BCUT2D eigenvalue weighted by atomic mass is 16.5. The van der Waals surface area contributed by atoms with E-state index >= 15 is 0 Å². The van der Waals surface area contributed by atoms with Gasteiger partial charge in [-0.05, 0) is 32.9 Å². The van der Waals surface area contributed by atoms with Crippen LogP contribution in [-0.4, -0.2) is 21.6 Å². The maximum Gasteiger partial charge on any atom is 0.218 e. The lowest BCUT2D eigenvalue weighted by molar-refractivity contribution is 0.325. The average molecular weight is 258 g/mol. The summed E-state index contributed by atoms with van der Waals surface area (Å²) >= 11 is 0. The molecule has 19 heavy (non-hydrogen) atoms. The van der Waals surface area contributed by atoms with E-state index in [1.165, 1.54) is 0 Å². The fraction of sp³-hybridized carbons (Fsp3) is 0.357. The molecular weight excluding hydrogens is 240 g/mol. The first-order valence-electron chi connectivity index (χ1n) is 6.35. The third kappa shape index (κ3) is 3.64. The fourth-order valence-corrected chi connectivity index (χ4v) is 1.76. The van der Waals surface area contributed by atoms with Gasteiger partial charge >= 0.3 is 0 Å². The van der Waals surface area contributed by atoms with E-state index in [2.05, 4.69) is 20.3 Å². The first-order chi connectivity index (χ1) is 9.19.